The second-order valence-electron chi connectivity index (χ2n) is 3.80. The Hall–Kier alpha value is -1.10. The minimum Gasteiger partial charge on any atom is -0.341 e. The van der Waals surface area contributed by atoms with E-state index in [0.717, 1.165) is 0 Å². The van der Waals surface area contributed by atoms with Gasteiger partial charge in [0, 0.05) is 25.4 Å². The molecule has 2 fully saturated rings. The fraction of sp³-hybridized carbons (Fsp3) is 0.667. The molecule has 3 amide bonds. The average molecular weight is 231 g/mol. The molecule has 15 heavy (non-hydrogen) atoms. The molecule has 1 N–H and O–H groups in total. The molecule has 2 atom stereocenters. The molecule has 82 valence electrons. The summed E-state index contributed by atoms with van der Waals surface area (Å²) in [5.74, 6) is -1.03. The van der Waals surface area contributed by atoms with Gasteiger partial charge in [-0.2, -0.15) is 0 Å². The van der Waals surface area contributed by atoms with Crippen LogP contribution in [-0.2, 0) is 14.4 Å². The number of nitrogens with zero attached hydrogens (tertiary/aromatic N) is 1. The van der Waals surface area contributed by atoms with Gasteiger partial charge < -0.3 is 4.90 Å². The largest absolute Gasteiger partial charge is 0.341 e. The van der Waals surface area contributed by atoms with E-state index >= 15 is 0 Å². The number of hydrogen-bond acceptors (Lipinski definition) is 3. The van der Waals surface area contributed by atoms with Crippen LogP contribution in [0.1, 0.15) is 6.42 Å². The Bertz CT molecular complexity index is 309. The number of hydrogen-bond donors (Lipinski definition) is 1. The second kappa shape index (κ2) is 3.81. The van der Waals surface area contributed by atoms with Crippen LogP contribution in [0.3, 0.4) is 0 Å². The summed E-state index contributed by atoms with van der Waals surface area (Å²) in [6.45, 7) is 0.690. The first-order valence-corrected chi connectivity index (χ1v) is 5.35. The normalized spacial score (nSPS) is 29.3. The Balaban J connectivity index is 2.03. The average Bonchev–Trinajstić information content (AvgIpc) is 2.70. The van der Waals surface area contributed by atoms with E-state index in [2.05, 4.69) is 5.32 Å². The van der Waals surface area contributed by atoms with Gasteiger partial charge in [-0.25, -0.2) is 0 Å². The highest BCUT2D eigenvalue weighted by Gasteiger charge is 2.48. The first kappa shape index (κ1) is 10.4. The van der Waals surface area contributed by atoms with Crippen molar-refractivity contribution in [2.45, 2.75) is 6.42 Å². The van der Waals surface area contributed by atoms with Gasteiger partial charge in [0.2, 0.25) is 17.7 Å². The molecule has 2 aliphatic heterocycles. The third kappa shape index (κ3) is 1.71. The molecule has 2 rings (SSSR count). The number of carbonyl (C=O) groups is 3. The third-order valence-corrected chi connectivity index (χ3v) is 3.09. The maximum atomic E-state index is 11.5. The summed E-state index contributed by atoms with van der Waals surface area (Å²) >= 11 is 5.46. The zero-order valence-corrected chi connectivity index (χ0v) is 8.79. The minimum absolute atomic E-state index is 0.0833. The Morgan fingerprint density at radius 3 is 2.33 bits per heavy atom. The lowest BCUT2D eigenvalue weighted by Gasteiger charge is -2.15. The van der Waals surface area contributed by atoms with Gasteiger partial charge in [0.25, 0.3) is 0 Å². The molecule has 0 saturated carbocycles. The van der Waals surface area contributed by atoms with Crippen molar-refractivity contribution in [3.8, 4) is 0 Å². The van der Waals surface area contributed by atoms with E-state index in [-0.39, 0.29) is 41.9 Å². The zero-order valence-electron chi connectivity index (χ0n) is 8.03. The van der Waals surface area contributed by atoms with Gasteiger partial charge >= 0.3 is 0 Å². The van der Waals surface area contributed by atoms with Crippen LogP contribution < -0.4 is 5.32 Å². The molecule has 6 heteroatoms. The molecule has 5 nitrogen and oxygen atoms in total. The topological polar surface area (TPSA) is 66.5 Å². The van der Waals surface area contributed by atoms with Gasteiger partial charge in [-0.1, -0.05) is 0 Å². The summed E-state index contributed by atoms with van der Waals surface area (Å²) in [5.41, 5.74) is 0. The SMILES string of the molecule is O=C1NC(=O)[C@H]2CN(C(=O)CCCl)C[C@H]12. The van der Waals surface area contributed by atoms with E-state index in [1.807, 2.05) is 0 Å². The number of alkyl halides is 1. The number of likely N-dealkylation sites (tertiary alicyclic amines) is 1. The molecule has 0 bridgehead atoms. The van der Waals surface area contributed by atoms with Crippen LogP contribution in [0.5, 0.6) is 0 Å². The van der Waals surface area contributed by atoms with Crippen molar-refractivity contribution in [2.75, 3.05) is 19.0 Å². The molecule has 0 spiro atoms. The maximum Gasteiger partial charge on any atom is 0.232 e. The van der Waals surface area contributed by atoms with Crippen molar-refractivity contribution < 1.29 is 14.4 Å². The third-order valence-electron chi connectivity index (χ3n) is 2.90. The maximum absolute atomic E-state index is 11.5. The molecule has 0 radical (unpaired) electrons. The highest BCUT2D eigenvalue weighted by molar-refractivity contribution is 6.19. The predicted octanol–water partition coefficient (Wildman–Crippen LogP) is -0.654. The van der Waals surface area contributed by atoms with Crippen molar-refractivity contribution in [1.29, 1.82) is 0 Å². The number of amides is 3. The minimum atomic E-state index is -0.350. The molecule has 0 aromatic rings. The van der Waals surface area contributed by atoms with E-state index in [1.54, 1.807) is 4.90 Å². The number of nitrogens with one attached hydrogen (secondary N) is 1. The lowest BCUT2D eigenvalue weighted by Crippen LogP contribution is -2.35. The molecule has 0 aliphatic carbocycles. The van der Waals surface area contributed by atoms with Crippen LogP contribution in [-0.4, -0.2) is 41.6 Å². The fourth-order valence-corrected chi connectivity index (χ4v) is 2.25. The monoisotopic (exact) mass is 230 g/mol. The first-order chi connectivity index (χ1) is 7.13. The quantitative estimate of drug-likeness (QED) is 0.506. The Morgan fingerprint density at radius 1 is 1.33 bits per heavy atom. The molecular formula is C9H11ClN2O3. The molecular weight excluding hydrogens is 220 g/mol. The van der Waals surface area contributed by atoms with Gasteiger partial charge in [-0.15, -0.1) is 11.6 Å². The molecule has 2 heterocycles. The molecule has 0 unspecified atom stereocenters. The van der Waals surface area contributed by atoms with Crippen LogP contribution in [0, 0.1) is 11.8 Å². The van der Waals surface area contributed by atoms with Gasteiger partial charge in [0.1, 0.15) is 0 Å². The van der Waals surface area contributed by atoms with Crippen molar-refractivity contribution in [3.05, 3.63) is 0 Å². The molecule has 0 aromatic carbocycles. The van der Waals surface area contributed by atoms with E-state index in [9.17, 15) is 14.4 Å². The summed E-state index contributed by atoms with van der Waals surface area (Å²) in [6.07, 6.45) is 0.261. The highest BCUT2D eigenvalue weighted by Crippen LogP contribution is 2.28. The fourth-order valence-electron chi connectivity index (χ4n) is 2.08. The summed E-state index contributed by atoms with van der Waals surface area (Å²) in [7, 11) is 0. The van der Waals surface area contributed by atoms with Gasteiger partial charge in [-0.05, 0) is 0 Å². The van der Waals surface area contributed by atoms with Crippen LogP contribution in [0.25, 0.3) is 0 Å². The van der Waals surface area contributed by atoms with Crippen LogP contribution in [0.2, 0.25) is 0 Å². The lowest BCUT2D eigenvalue weighted by molar-refractivity contribution is -0.131. The lowest BCUT2D eigenvalue weighted by atomic mass is 10.00. The van der Waals surface area contributed by atoms with Crippen molar-refractivity contribution in [3.63, 3.8) is 0 Å². The smallest absolute Gasteiger partial charge is 0.232 e. The van der Waals surface area contributed by atoms with E-state index < -0.39 is 0 Å². The van der Waals surface area contributed by atoms with E-state index in [4.69, 9.17) is 11.6 Å². The first-order valence-electron chi connectivity index (χ1n) is 4.82. The van der Waals surface area contributed by atoms with Crippen molar-refractivity contribution in [2.24, 2.45) is 11.8 Å². The van der Waals surface area contributed by atoms with Gasteiger partial charge in [0.05, 0.1) is 11.8 Å². The summed E-state index contributed by atoms with van der Waals surface area (Å²) in [5, 5.41) is 2.27. The summed E-state index contributed by atoms with van der Waals surface area (Å²) < 4.78 is 0. The Labute approximate surface area is 91.7 Å². The zero-order chi connectivity index (χ0) is 11.0. The molecule has 2 saturated heterocycles. The summed E-state index contributed by atoms with van der Waals surface area (Å²) in [4.78, 5) is 35.6. The summed E-state index contributed by atoms with van der Waals surface area (Å²) in [6, 6.07) is 0. The van der Waals surface area contributed by atoms with Crippen LogP contribution in [0.4, 0.5) is 0 Å². The van der Waals surface area contributed by atoms with E-state index in [0.29, 0.717) is 13.1 Å². The number of carbonyl (C=O) groups excluding carboxylic acids is 3. The van der Waals surface area contributed by atoms with Gasteiger partial charge in [0.15, 0.2) is 0 Å². The van der Waals surface area contributed by atoms with E-state index in [1.165, 1.54) is 0 Å². The number of imide groups is 1. The molecule has 2 aliphatic rings. The Morgan fingerprint density at radius 2 is 1.87 bits per heavy atom. The predicted molar refractivity (Wildman–Crippen MR) is 52.0 cm³/mol. The van der Waals surface area contributed by atoms with Crippen molar-refractivity contribution in [1.82, 2.24) is 10.2 Å². The highest BCUT2D eigenvalue weighted by atomic mass is 35.5. The standard InChI is InChI=1S/C9H11ClN2O3/c10-2-1-7(13)12-3-5-6(4-12)9(15)11-8(5)14/h5-6H,1-4H2,(H,11,14,15)/t5-,6-/m0/s1. The molecule has 0 aromatic heterocycles. The van der Waals surface area contributed by atoms with Gasteiger partial charge in [-0.3, -0.25) is 19.7 Å². The number of fused-ring (bicyclic) bond motifs is 1. The van der Waals surface area contributed by atoms with Crippen LogP contribution >= 0.6 is 11.6 Å². The van der Waals surface area contributed by atoms with Crippen molar-refractivity contribution >= 4 is 29.3 Å². The van der Waals surface area contributed by atoms with Crippen LogP contribution in [0.15, 0.2) is 0 Å². The second-order valence-corrected chi connectivity index (χ2v) is 4.18. The Kier molecular flexibility index (Phi) is 2.65. The number of halogens is 1. The number of rotatable bonds is 2.